The average Bonchev–Trinajstić information content (AvgIpc) is 1.83. The lowest BCUT2D eigenvalue weighted by molar-refractivity contribution is -0.145. The molecule has 0 bridgehead atoms. The van der Waals surface area contributed by atoms with E-state index in [1.54, 1.807) is 30.5 Å². The van der Waals surface area contributed by atoms with E-state index in [9.17, 15) is 131 Å². The number of carboxylic acids is 3. The Balaban J connectivity index is 1.25. The van der Waals surface area contributed by atoms with Gasteiger partial charge in [-0.3, -0.25) is 111 Å². The summed E-state index contributed by atoms with van der Waals surface area (Å²) in [6.07, 6.45) is -3.46. The van der Waals surface area contributed by atoms with Crippen molar-refractivity contribution in [3.05, 3.63) is 65.9 Å². The number of aromatic nitrogens is 1. The predicted octanol–water partition coefficient (Wildman–Crippen LogP) is -7.77. The van der Waals surface area contributed by atoms with E-state index < -0.39 is 286 Å². The highest BCUT2D eigenvalue weighted by molar-refractivity contribution is 6.40. The second-order valence-electron chi connectivity index (χ2n) is 34.0. The van der Waals surface area contributed by atoms with Crippen molar-refractivity contribution in [2.75, 3.05) is 65.4 Å². The number of carbonyl (C=O) groups excluding carboxylic acids is 19. The van der Waals surface area contributed by atoms with Crippen LogP contribution < -0.4 is 108 Å². The van der Waals surface area contributed by atoms with Crippen LogP contribution in [0.4, 0.5) is 0 Å². The van der Waals surface area contributed by atoms with Gasteiger partial charge in [-0.2, -0.15) is 0 Å². The molecular formula is C88H130N24O27. The SMILES string of the molecule is CC1NC(=O)CNC(=O)C(CCC(=O)O)NC(=O)[C@@H]2CCCN2C(=O)[C@H]([C@@H](C)O)NC(=O)[C@H](CCC(=O)O)NC(=O)[C@H](CCCNC(=N)N)NC(=O)[C@H](CCC(N)=O)NC(=O)CNNCC(=O)CCCCCCNCC(=O)NCC(=O)C(=O)[C@H](Cc2ccc(O)cc2)NC(=O)[C@H](Cc2c[nH]c3ccccc23)NC(=O)[C@@H]2CCCN2C(=O)[C@H](CCCCN)NC(=O)C(C)NC(=O)[C@H](CCC(=O)O)NC1=O. The number of ketones is 3. The minimum Gasteiger partial charge on any atom is -0.508 e. The van der Waals surface area contributed by atoms with Crippen LogP contribution >= 0.6 is 0 Å². The molecule has 1 aromatic heterocycles. The molecule has 3 saturated heterocycles. The molecule has 0 spiro atoms. The van der Waals surface area contributed by atoms with Crippen molar-refractivity contribution in [1.29, 1.82) is 5.41 Å². The zero-order chi connectivity index (χ0) is 103. The summed E-state index contributed by atoms with van der Waals surface area (Å²) in [6, 6.07) is -8.71. The number of amides is 16. The number of aliphatic hydroxyl groups is 1. The summed E-state index contributed by atoms with van der Waals surface area (Å²) in [6.45, 7) is 0.535. The number of H-pyrrole nitrogens is 1. The number of aromatic amines is 1. The molecule has 0 saturated carbocycles. The van der Waals surface area contributed by atoms with Crippen molar-refractivity contribution in [2.24, 2.45) is 17.2 Å². The van der Waals surface area contributed by atoms with Crippen molar-refractivity contribution in [2.45, 2.75) is 260 Å². The summed E-state index contributed by atoms with van der Waals surface area (Å²) in [4.78, 5) is 307. The number of unbranched alkanes of at least 4 members (excludes halogenated alkanes) is 1. The zero-order valence-corrected chi connectivity index (χ0v) is 77.7. The lowest BCUT2D eigenvalue weighted by atomic mass is 9.98. The lowest BCUT2D eigenvalue weighted by Gasteiger charge is -2.32. The number of phenols is 1. The van der Waals surface area contributed by atoms with Crippen molar-refractivity contribution < 1.29 is 131 Å². The highest BCUT2D eigenvalue weighted by atomic mass is 16.4. The van der Waals surface area contributed by atoms with E-state index in [1.807, 2.05) is 0 Å². The number of guanidine groups is 1. The molecule has 14 atom stereocenters. The second-order valence-corrected chi connectivity index (χ2v) is 34.0. The molecule has 3 fully saturated rings. The number of hydrogen-bond acceptors (Lipinski definition) is 29. The quantitative estimate of drug-likeness (QED) is 0.0162. The van der Waals surface area contributed by atoms with E-state index in [-0.39, 0.29) is 121 Å². The molecule has 139 heavy (non-hydrogen) atoms. The van der Waals surface area contributed by atoms with E-state index in [4.69, 9.17) is 22.6 Å². The number of nitrogens with two attached hydrogens (primary N) is 3. The van der Waals surface area contributed by atoms with Crippen LogP contribution in [0.1, 0.15) is 173 Å². The third kappa shape index (κ3) is 39.4. The summed E-state index contributed by atoms with van der Waals surface area (Å²) >= 11 is 0. The van der Waals surface area contributed by atoms with Crippen LogP contribution in [-0.2, 0) is 118 Å². The molecule has 3 unspecified atom stereocenters. The molecular weight excluding hydrogens is 1830 g/mol. The molecule has 0 radical (unpaired) electrons. The second kappa shape index (κ2) is 58.4. The van der Waals surface area contributed by atoms with Gasteiger partial charge in [-0.25, -0.2) is 10.9 Å². The molecule has 16 amide bonds. The van der Waals surface area contributed by atoms with Crippen LogP contribution in [0.5, 0.6) is 5.75 Å². The number of carboxylic acid groups (broad SMARTS) is 3. The van der Waals surface area contributed by atoms with E-state index in [2.05, 4.69) is 95.6 Å². The lowest BCUT2D eigenvalue weighted by Crippen LogP contribution is -2.61. The number of nitrogens with one attached hydrogen (secondary N) is 19. The molecule has 3 aliphatic rings. The smallest absolute Gasteiger partial charge is 0.303 e. The number of Topliss-reactive ketones (excluding diaryl/α,β-unsaturated/α-hetero) is 3. The number of rotatable bonds is 25. The van der Waals surface area contributed by atoms with Crippen LogP contribution in [-0.4, -0.2) is 326 Å². The number of aromatic hydroxyl groups is 1. The third-order valence-electron chi connectivity index (χ3n) is 23.0. The normalized spacial score (nSPS) is 24.5. The topological polar surface area (TPSA) is 805 Å². The standard InChI is InChI=1S/C88H130N24O27/c1-47-76(128)103-59(28-32-72(123)124)79(131)101-48(2)77(129)107-61(18-9-10-34-89)86(138)111-37-13-20-64(111)85(137)109-63(40-51-41-95-55-17-8-7-16-54(51)55)83(135)108-62(39-50-22-24-52(114)25-23-50)75(127)66(116)43-96-68(118)44-93-35-11-5-4-6-15-53(115)42-98-99-46-70(120)102-58(26-30-67(90)117)81(133)104-56(19-12-36-94-88(91)92)80(132)105-60(29-33-73(125)126)82(134)110-74(49(3)113)87(139)112-38-14-21-65(112)84(136)106-57(27-31-71(121)122)78(130)97-45-69(119)100-47/h7-8,16-17,22-25,41,47-49,56-65,74,93,95,98-99,113-114H,4-6,9-15,18-21,26-40,42-46,89H2,1-3H3,(H2,90,117)(H,96,118)(H,97,130)(H,100,119)(H,101,131)(H,102,120)(H,103,128)(H,104,133)(H,105,132)(H,106,136)(H,107,129)(H,108,135)(H,109,137)(H,110,134)(H,121,122)(H,123,124)(H,125,126)(H4,91,92,94)/t47?,48?,49-,56+,57?,58+,59+,60+,61+,62+,63+,64+,65+,74+/m1/s1. The number of aliphatic carboxylic acids is 3. The van der Waals surface area contributed by atoms with Crippen LogP contribution in [0.25, 0.3) is 10.9 Å². The minimum atomic E-state index is -1.98. The number of benzene rings is 2. The van der Waals surface area contributed by atoms with Gasteiger partial charge in [0.2, 0.25) is 106 Å². The Morgan fingerprint density at radius 3 is 1.57 bits per heavy atom. The highest BCUT2D eigenvalue weighted by Crippen LogP contribution is 2.25. The molecule has 30 N–H and O–H groups in total. The van der Waals surface area contributed by atoms with E-state index in [0.29, 0.717) is 60.7 Å². The number of hydrogen-bond donors (Lipinski definition) is 27. The van der Waals surface area contributed by atoms with Gasteiger partial charge in [0, 0.05) is 81.7 Å². The summed E-state index contributed by atoms with van der Waals surface area (Å²) in [5, 5.41) is 95.6. The number of phenolic OH excluding ortho intramolecular Hbond substituents is 1. The van der Waals surface area contributed by atoms with Gasteiger partial charge >= 0.3 is 17.9 Å². The molecule has 0 aliphatic carbocycles. The molecule has 51 heteroatoms. The van der Waals surface area contributed by atoms with Crippen LogP contribution in [0, 0.1) is 5.41 Å². The van der Waals surface area contributed by atoms with E-state index in [1.165, 1.54) is 36.1 Å². The van der Waals surface area contributed by atoms with E-state index in [0.717, 1.165) is 18.7 Å². The Hall–Kier alpha value is -14.2. The molecule has 3 aliphatic heterocycles. The number of fused-ring (bicyclic) bond motifs is 3. The van der Waals surface area contributed by atoms with Crippen LogP contribution in [0.2, 0.25) is 0 Å². The fourth-order valence-electron chi connectivity index (χ4n) is 15.4. The van der Waals surface area contributed by atoms with Gasteiger partial charge in [-0.1, -0.05) is 43.2 Å². The number of carbonyl (C=O) groups is 22. The van der Waals surface area contributed by atoms with Crippen molar-refractivity contribution >= 4 is 147 Å². The van der Waals surface area contributed by atoms with Crippen molar-refractivity contribution in [1.82, 2.24) is 105 Å². The average molecular weight is 1960 g/mol. The Kier molecular flexibility index (Phi) is 47.7. The Labute approximate surface area is 798 Å². The summed E-state index contributed by atoms with van der Waals surface area (Å²) in [7, 11) is 0. The first-order chi connectivity index (χ1) is 66.0. The molecule has 51 nitrogen and oxygen atoms in total. The van der Waals surface area contributed by atoms with Crippen molar-refractivity contribution in [3.8, 4) is 5.75 Å². The largest absolute Gasteiger partial charge is 0.508 e. The van der Waals surface area contributed by atoms with Gasteiger partial charge in [0.25, 0.3) is 0 Å². The van der Waals surface area contributed by atoms with Gasteiger partial charge in [0.05, 0.1) is 44.9 Å². The summed E-state index contributed by atoms with van der Waals surface area (Å²) in [5.74, 6) is -23.9. The molecule has 6 rings (SSSR count). The first-order valence-electron chi connectivity index (χ1n) is 46.0. The number of aliphatic hydroxyl groups excluding tert-OH is 1. The number of primary amides is 1. The predicted molar refractivity (Wildman–Crippen MR) is 492 cm³/mol. The molecule has 2 aromatic carbocycles. The monoisotopic (exact) mass is 1950 g/mol. The van der Waals surface area contributed by atoms with Gasteiger partial charge < -0.3 is 137 Å². The van der Waals surface area contributed by atoms with Gasteiger partial charge in [0.1, 0.15) is 84.0 Å². The molecule has 3 aromatic rings. The summed E-state index contributed by atoms with van der Waals surface area (Å²) < 4.78 is 0. The van der Waals surface area contributed by atoms with Gasteiger partial charge in [-0.15, -0.1) is 0 Å². The summed E-state index contributed by atoms with van der Waals surface area (Å²) in [5.41, 5.74) is 23.4. The first kappa shape index (κ1) is 114. The fraction of sp³-hybridized carbons (Fsp3) is 0.580. The maximum atomic E-state index is 15.0. The zero-order valence-electron chi connectivity index (χ0n) is 77.7. The van der Waals surface area contributed by atoms with Crippen LogP contribution in [0.15, 0.2) is 54.7 Å². The first-order valence-corrected chi connectivity index (χ1v) is 46.0. The Bertz CT molecular complexity index is 4860. The molecule has 4 heterocycles. The Morgan fingerprint density at radius 2 is 0.971 bits per heavy atom. The molecule has 764 valence electrons. The fourth-order valence-corrected chi connectivity index (χ4v) is 15.4. The minimum absolute atomic E-state index is 0.0370. The maximum Gasteiger partial charge on any atom is 0.303 e. The third-order valence-corrected chi connectivity index (χ3v) is 23.0. The van der Waals surface area contributed by atoms with Gasteiger partial charge in [0.15, 0.2) is 5.96 Å². The number of nitrogens with zero attached hydrogens (tertiary/aromatic N) is 2. The number of hydrazine groups is 1. The van der Waals surface area contributed by atoms with Gasteiger partial charge in [-0.05, 0) is 159 Å². The number of para-hydroxylation sites is 1. The van der Waals surface area contributed by atoms with Crippen molar-refractivity contribution in [3.63, 3.8) is 0 Å². The highest BCUT2D eigenvalue weighted by Gasteiger charge is 2.44. The van der Waals surface area contributed by atoms with E-state index >= 15 is 0 Å². The maximum absolute atomic E-state index is 15.0. The Morgan fingerprint density at radius 1 is 0.475 bits per heavy atom. The van der Waals surface area contributed by atoms with Crippen LogP contribution in [0.3, 0.4) is 0 Å².